The van der Waals surface area contributed by atoms with Crippen LogP contribution >= 0.6 is 11.6 Å². The van der Waals surface area contributed by atoms with Gasteiger partial charge >= 0.3 is 0 Å². The van der Waals surface area contributed by atoms with Gasteiger partial charge in [-0.05, 0) is 6.42 Å². The summed E-state index contributed by atoms with van der Waals surface area (Å²) >= 11 is 6.07. The highest BCUT2D eigenvalue weighted by Crippen LogP contribution is 2.24. The Morgan fingerprint density at radius 1 is 1.42 bits per heavy atom. The second kappa shape index (κ2) is 6.12. The summed E-state index contributed by atoms with van der Waals surface area (Å²) in [6.45, 7) is 2.10. The molecule has 2 rings (SSSR count). The molecule has 1 unspecified atom stereocenters. The molecule has 102 valence electrons. The van der Waals surface area contributed by atoms with E-state index in [9.17, 15) is 0 Å². The van der Waals surface area contributed by atoms with Gasteiger partial charge in [0.25, 0.3) is 0 Å². The Kier molecular flexibility index (Phi) is 4.50. The second-order valence-electron chi connectivity index (χ2n) is 4.35. The number of nitrogens with zero attached hydrogens (tertiary/aromatic N) is 4. The van der Waals surface area contributed by atoms with Crippen molar-refractivity contribution >= 4 is 11.6 Å². The van der Waals surface area contributed by atoms with Crippen molar-refractivity contribution in [3.63, 3.8) is 0 Å². The molecule has 1 atom stereocenters. The van der Waals surface area contributed by atoms with Gasteiger partial charge in [-0.3, -0.25) is 4.68 Å². The number of aromatic nitrogens is 4. The van der Waals surface area contributed by atoms with Crippen molar-refractivity contribution in [3.8, 4) is 11.3 Å². The van der Waals surface area contributed by atoms with Gasteiger partial charge in [-0.2, -0.15) is 5.10 Å². The first-order chi connectivity index (χ1) is 9.13. The molecule has 0 aliphatic carbocycles. The molecule has 2 heterocycles. The van der Waals surface area contributed by atoms with Crippen molar-refractivity contribution in [1.29, 1.82) is 0 Å². The summed E-state index contributed by atoms with van der Waals surface area (Å²) in [7, 11) is 3.52. The average Bonchev–Trinajstić information content (AvgIpc) is 2.82. The molecule has 0 radical (unpaired) electrons. The topological polar surface area (TPSA) is 52.8 Å². The van der Waals surface area contributed by atoms with Gasteiger partial charge in [0.2, 0.25) is 0 Å². The number of halogens is 1. The van der Waals surface area contributed by atoms with Crippen LogP contribution in [0.3, 0.4) is 0 Å². The Bertz CT molecular complexity index is 555. The van der Waals surface area contributed by atoms with E-state index < -0.39 is 0 Å². The van der Waals surface area contributed by atoms with Gasteiger partial charge in [-0.1, -0.05) is 24.9 Å². The molecule has 19 heavy (non-hydrogen) atoms. The van der Waals surface area contributed by atoms with E-state index in [0.717, 1.165) is 24.1 Å². The van der Waals surface area contributed by atoms with Crippen LogP contribution < -0.4 is 0 Å². The highest BCUT2D eigenvalue weighted by molar-refractivity contribution is 6.29. The molecular weight excluding hydrogens is 264 g/mol. The lowest BCUT2D eigenvalue weighted by Gasteiger charge is -2.13. The SMILES string of the molecule is CCCC(OC)c1nc(Cl)cc(-c2cnn(C)c2)n1. The van der Waals surface area contributed by atoms with E-state index in [2.05, 4.69) is 22.0 Å². The van der Waals surface area contributed by atoms with Crippen molar-refractivity contribution in [2.24, 2.45) is 7.05 Å². The van der Waals surface area contributed by atoms with Crippen LogP contribution in [0.1, 0.15) is 31.7 Å². The van der Waals surface area contributed by atoms with E-state index >= 15 is 0 Å². The summed E-state index contributed by atoms with van der Waals surface area (Å²) in [6, 6.07) is 1.74. The zero-order valence-electron chi connectivity index (χ0n) is 11.3. The van der Waals surface area contributed by atoms with E-state index in [1.165, 1.54) is 0 Å². The zero-order valence-corrected chi connectivity index (χ0v) is 12.1. The minimum absolute atomic E-state index is 0.126. The number of hydrogen-bond donors (Lipinski definition) is 0. The third kappa shape index (κ3) is 3.30. The smallest absolute Gasteiger partial charge is 0.159 e. The summed E-state index contributed by atoms with van der Waals surface area (Å²) in [5.41, 5.74) is 1.68. The van der Waals surface area contributed by atoms with Crippen LogP contribution in [0.15, 0.2) is 18.5 Å². The zero-order chi connectivity index (χ0) is 13.8. The summed E-state index contributed by atoms with van der Waals surface area (Å²) in [4.78, 5) is 8.79. The first-order valence-corrected chi connectivity index (χ1v) is 6.58. The fraction of sp³-hybridized carbons (Fsp3) is 0.462. The van der Waals surface area contributed by atoms with E-state index in [4.69, 9.17) is 16.3 Å². The fourth-order valence-electron chi connectivity index (χ4n) is 1.90. The number of rotatable bonds is 5. The quantitative estimate of drug-likeness (QED) is 0.790. The number of ether oxygens (including phenoxy) is 1. The van der Waals surface area contributed by atoms with Crippen LogP contribution in [0.4, 0.5) is 0 Å². The predicted molar refractivity (Wildman–Crippen MR) is 73.9 cm³/mol. The van der Waals surface area contributed by atoms with E-state index in [1.807, 2.05) is 13.2 Å². The lowest BCUT2D eigenvalue weighted by molar-refractivity contribution is 0.0877. The Hall–Kier alpha value is -1.46. The Morgan fingerprint density at radius 2 is 2.21 bits per heavy atom. The third-order valence-corrected chi connectivity index (χ3v) is 3.03. The molecule has 0 aliphatic heterocycles. The predicted octanol–water partition coefficient (Wildman–Crippen LogP) is 3.02. The van der Waals surface area contributed by atoms with Gasteiger partial charge in [0.15, 0.2) is 5.82 Å². The van der Waals surface area contributed by atoms with Crippen LogP contribution in [0.25, 0.3) is 11.3 Å². The minimum Gasteiger partial charge on any atom is -0.373 e. The second-order valence-corrected chi connectivity index (χ2v) is 4.74. The van der Waals surface area contributed by atoms with Gasteiger partial charge in [-0.25, -0.2) is 9.97 Å². The highest BCUT2D eigenvalue weighted by atomic mass is 35.5. The van der Waals surface area contributed by atoms with E-state index in [0.29, 0.717) is 11.0 Å². The van der Waals surface area contributed by atoms with Crippen LogP contribution in [0.5, 0.6) is 0 Å². The highest BCUT2D eigenvalue weighted by Gasteiger charge is 2.15. The molecule has 6 heteroatoms. The van der Waals surface area contributed by atoms with E-state index in [1.54, 1.807) is 24.1 Å². The average molecular weight is 281 g/mol. The standard InChI is InChI=1S/C13H17ClN4O/c1-4-5-11(19-3)13-16-10(6-12(14)17-13)9-7-15-18(2)8-9/h6-8,11H,4-5H2,1-3H3. The van der Waals surface area contributed by atoms with Crippen LogP contribution in [0, 0.1) is 0 Å². The number of hydrogen-bond acceptors (Lipinski definition) is 4. The third-order valence-electron chi connectivity index (χ3n) is 2.84. The van der Waals surface area contributed by atoms with Crippen LogP contribution in [-0.2, 0) is 11.8 Å². The summed E-state index contributed by atoms with van der Waals surface area (Å²) in [5.74, 6) is 0.621. The first kappa shape index (κ1) is 14.0. The van der Waals surface area contributed by atoms with Crippen molar-refractivity contribution in [2.45, 2.75) is 25.9 Å². The maximum Gasteiger partial charge on any atom is 0.159 e. The maximum absolute atomic E-state index is 6.07. The molecule has 0 amide bonds. The molecule has 0 aromatic carbocycles. The Balaban J connectivity index is 2.39. The largest absolute Gasteiger partial charge is 0.373 e. The molecule has 0 fully saturated rings. The lowest BCUT2D eigenvalue weighted by Crippen LogP contribution is -2.07. The molecule has 0 saturated heterocycles. The van der Waals surface area contributed by atoms with Gasteiger partial charge in [0.1, 0.15) is 11.3 Å². The molecule has 0 bridgehead atoms. The van der Waals surface area contributed by atoms with Crippen molar-refractivity contribution < 1.29 is 4.74 Å². The van der Waals surface area contributed by atoms with Gasteiger partial charge < -0.3 is 4.74 Å². The monoisotopic (exact) mass is 280 g/mol. The van der Waals surface area contributed by atoms with Crippen molar-refractivity contribution in [2.75, 3.05) is 7.11 Å². The van der Waals surface area contributed by atoms with Gasteiger partial charge in [-0.15, -0.1) is 0 Å². The van der Waals surface area contributed by atoms with Gasteiger partial charge in [0, 0.05) is 32.0 Å². The summed E-state index contributed by atoms with van der Waals surface area (Å²) < 4.78 is 7.15. The molecule has 0 N–H and O–H groups in total. The Labute approximate surface area is 117 Å². The summed E-state index contributed by atoms with van der Waals surface area (Å²) in [6.07, 6.45) is 5.38. The van der Waals surface area contributed by atoms with Crippen molar-refractivity contribution in [3.05, 3.63) is 29.4 Å². The van der Waals surface area contributed by atoms with Crippen LogP contribution in [-0.4, -0.2) is 26.9 Å². The minimum atomic E-state index is -0.126. The number of aryl methyl sites for hydroxylation is 1. The Morgan fingerprint density at radius 3 is 2.79 bits per heavy atom. The molecule has 2 aromatic heterocycles. The molecule has 0 spiro atoms. The fourth-order valence-corrected chi connectivity index (χ4v) is 2.09. The molecule has 0 saturated carbocycles. The first-order valence-electron chi connectivity index (χ1n) is 6.20. The molecule has 2 aromatic rings. The van der Waals surface area contributed by atoms with Crippen molar-refractivity contribution in [1.82, 2.24) is 19.7 Å². The van der Waals surface area contributed by atoms with Crippen LogP contribution in [0.2, 0.25) is 5.15 Å². The molecule has 5 nitrogen and oxygen atoms in total. The molecule has 0 aliphatic rings. The molecular formula is C13H17ClN4O. The summed E-state index contributed by atoms with van der Waals surface area (Å²) in [5, 5.41) is 4.55. The van der Waals surface area contributed by atoms with E-state index in [-0.39, 0.29) is 6.10 Å². The number of methoxy groups -OCH3 is 1. The normalized spacial score (nSPS) is 12.6. The lowest BCUT2D eigenvalue weighted by atomic mass is 10.2. The van der Waals surface area contributed by atoms with Gasteiger partial charge in [0.05, 0.1) is 11.9 Å². The maximum atomic E-state index is 6.07.